The van der Waals surface area contributed by atoms with Gasteiger partial charge in [-0.15, -0.1) is 0 Å². The van der Waals surface area contributed by atoms with Crippen LogP contribution in [-0.2, 0) is 10.4 Å². The Labute approximate surface area is 238 Å². The van der Waals surface area contributed by atoms with E-state index in [1.807, 2.05) is 0 Å². The Morgan fingerprint density at radius 1 is 0.395 bits per heavy atom. The number of rotatable bonds is 0. The van der Waals surface area contributed by atoms with Gasteiger partial charge in [-0.1, -0.05) is 0 Å². The van der Waals surface area contributed by atoms with E-state index in [2.05, 4.69) is 0 Å². The molecule has 13 heteroatoms. The summed E-state index contributed by atoms with van der Waals surface area (Å²) < 4.78 is 31.6. The Bertz CT molecular complexity index is 2420. The molecule has 0 aromatic heterocycles. The van der Waals surface area contributed by atoms with Crippen molar-refractivity contribution in [1.82, 2.24) is 0 Å². The van der Waals surface area contributed by atoms with Gasteiger partial charge in [0.2, 0.25) is 10.9 Å². The van der Waals surface area contributed by atoms with Crippen LogP contribution in [0.5, 0.6) is 34.5 Å². The molecule has 0 aliphatic carbocycles. The molecule has 0 bridgehead atoms. The van der Waals surface area contributed by atoms with Gasteiger partial charge in [-0.25, -0.2) is 0 Å². The van der Waals surface area contributed by atoms with Crippen LogP contribution in [0.15, 0.2) is 33.9 Å². The first-order valence-electron chi connectivity index (χ1n) is 12.5. The maximum Gasteiger partial charge on any atom is 0.394 e. The lowest BCUT2D eigenvalue weighted by molar-refractivity contribution is 0.380. The van der Waals surface area contributed by atoms with Crippen LogP contribution in [0, 0.1) is 13.8 Å². The second kappa shape index (κ2) is 7.92. The molecule has 8 aromatic rings. The largest absolute Gasteiger partial charge is 0.507 e. The van der Waals surface area contributed by atoms with Gasteiger partial charge in [0.05, 0.1) is 21.5 Å². The molecule has 8 N–H and O–H groups in total. The van der Waals surface area contributed by atoms with Crippen molar-refractivity contribution in [2.24, 2.45) is 0 Å². The van der Waals surface area contributed by atoms with Crippen molar-refractivity contribution in [1.29, 1.82) is 0 Å². The van der Waals surface area contributed by atoms with Crippen LogP contribution in [-0.4, -0.2) is 48.2 Å². The van der Waals surface area contributed by atoms with E-state index in [0.29, 0.717) is 43.4 Å². The predicted molar refractivity (Wildman–Crippen MR) is 160 cm³/mol. The van der Waals surface area contributed by atoms with Gasteiger partial charge < -0.3 is 30.6 Å². The summed E-state index contributed by atoms with van der Waals surface area (Å²) in [7, 11) is -4.67. The number of benzene rings is 8. The van der Waals surface area contributed by atoms with Crippen molar-refractivity contribution in [3.63, 3.8) is 0 Å². The Hall–Kier alpha value is -5.37. The highest BCUT2D eigenvalue weighted by atomic mass is 32.3. The third-order valence-corrected chi connectivity index (χ3v) is 8.24. The van der Waals surface area contributed by atoms with Crippen LogP contribution < -0.4 is 10.9 Å². The number of phenolic OH excluding ortho intramolecular Hbond substituents is 6. The lowest BCUT2D eigenvalue weighted by Gasteiger charge is -2.25. The smallest absolute Gasteiger partial charge is 0.394 e. The van der Waals surface area contributed by atoms with Crippen molar-refractivity contribution < 1.29 is 48.2 Å². The van der Waals surface area contributed by atoms with E-state index < -0.39 is 44.3 Å². The van der Waals surface area contributed by atoms with E-state index in [9.17, 15) is 40.2 Å². The maximum atomic E-state index is 13.9. The fourth-order valence-electron chi connectivity index (χ4n) is 6.98. The summed E-state index contributed by atoms with van der Waals surface area (Å²) >= 11 is 0. The molecule has 43 heavy (non-hydrogen) atoms. The molecule has 0 saturated carbocycles. The Morgan fingerprint density at radius 2 is 0.605 bits per heavy atom. The quantitative estimate of drug-likeness (QED) is 0.0684. The van der Waals surface area contributed by atoms with Crippen molar-refractivity contribution in [2.45, 2.75) is 13.8 Å². The Balaban J connectivity index is 0.000000558. The molecule has 0 aliphatic heterocycles. The van der Waals surface area contributed by atoms with Gasteiger partial charge in [0, 0.05) is 55.2 Å². The van der Waals surface area contributed by atoms with Crippen LogP contribution in [0.3, 0.4) is 0 Å². The zero-order valence-electron chi connectivity index (χ0n) is 21.9. The lowest BCUT2D eigenvalue weighted by Crippen LogP contribution is -2.10. The van der Waals surface area contributed by atoms with E-state index in [-0.39, 0.29) is 54.6 Å². The summed E-state index contributed by atoms with van der Waals surface area (Å²) in [4.78, 5) is 27.8. The lowest BCUT2D eigenvalue weighted by atomic mass is 9.78. The summed E-state index contributed by atoms with van der Waals surface area (Å²) in [6.07, 6.45) is 0. The first-order valence-corrected chi connectivity index (χ1v) is 13.9. The molecule has 0 aliphatic rings. The minimum Gasteiger partial charge on any atom is -0.507 e. The minimum absolute atomic E-state index is 0.0211. The summed E-state index contributed by atoms with van der Waals surface area (Å²) in [5, 5.41) is 68.4. The highest BCUT2D eigenvalue weighted by molar-refractivity contribution is 7.79. The van der Waals surface area contributed by atoms with Gasteiger partial charge in [-0.05, 0) is 47.9 Å². The average Bonchev–Trinajstić information content (AvgIpc) is 2.86. The summed E-state index contributed by atoms with van der Waals surface area (Å²) in [5.41, 5.74) is -0.112. The van der Waals surface area contributed by atoms with Crippen LogP contribution >= 0.6 is 0 Å². The number of hydrogen-bond donors (Lipinski definition) is 8. The van der Waals surface area contributed by atoms with Crippen LogP contribution in [0.1, 0.15) is 11.1 Å². The SMILES string of the molecule is Cc1cc(O)c2c(=O)c3c(O)cc(O)c4c5c(O)cc(O)c6c(=O)c7c(O)cc(C)c8c1c2c(c34)c(c78)c65.O=S(=O)(O)O. The molecule has 0 spiro atoms. The molecule has 8 rings (SSSR count). The maximum absolute atomic E-state index is 13.9. The third kappa shape index (κ3) is 3.12. The molecule has 0 unspecified atom stereocenters. The zero-order chi connectivity index (χ0) is 31.2. The van der Waals surface area contributed by atoms with Gasteiger partial charge >= 0.3 is 10.4 Å². The van der Waals surface area contributed by atoms with Crippen LogP contribution in [0.25, 0.3) is 75.4 Å². The fraction of sp³-hybridized carbons (Fsp3) is 0.0667. The number of aryl methyl sites for hydroxylation is 2. The Morgan fingerprint density at radius 3 is 0.907 bits per heavy atom. The number of aromatic hydroxyl groups is 6. The number of fused-ring (bicyclic) bond motifs is 2. The summed E-state index contributed by atoms with van der Waals surface area (Å²) in [5.74, 6) is -2.51. The first-order chi connectivity index (χ1) is 20.0. The van der Waals surface area contributed by atoms with Crippen molar-refractivity contribution in [3.8, 4) is 34.5 Å². The van der Waals surface area contributed by atoms with Crippen molar-refractivity contribution >= 4 is 85.8 Å². The van der Waals surface area contributed by atoms with Crippen molar-refractivity contribution in [3.05, 3.63) is 55.8 Å². The second-order valence-electron chi connectivity index (χ2n) is 10.6. The molecule has 216 valence electrons. The number of phenols is 6. The molecule has 0 radical (unpaired) electrons. The fourth-order valence-corrected chi connectivity index (χ4v) is 6.98. The van der Waals surface area contributed by atoms with Gasteiger partial charge in [0.25, 0.3) is 0 Å². The second-order valence-corrected chi connectivity index (χ2v) is 11.5. The standard InChI is InChI=1S/C30H16O8.H2O4S/c1-7-3-9(31)19-23-15(7)16-8(2)4-10(32)20-24(16)28-26-18(12(34)6-14(36)22(26)30(20)38)17-11(33)5-13(35)21(29(19)37)25(17)27(23)28;1-5(2,3)4/h3-6,31-36H,1-2H3;(H2,1,2,3,4). The first kappa shape index (κ1) is 26.5. The predicted octanol–water partition coefficient (Wildman–Crippen LogP) is 4.43. The average molecular weight is 603 g/mol. The monoisotopic (exact) mass is 602 g/mol. The van der Waals surface area contributed by atoms with Gasteiger partial charge in [-0.3, -0.25) is 18.7 Å². The molecule has 8 aromatic carbocycles. The summed E-state index contributed by atoms with van der Waals surface area (Å²) in [6, 6.07) is 4.86. The molecule has 0 heterocycles. The molecule has 12 nitrogen and oxygen atoms in total. The number of hydrogen-bond acceptors (Lipinski definition) is 10. The molecular formula is C30H18O12S. The van der Waals surface area contributed by atoms with Gasteiger partial charge in [0.1, 0.15) is 34.5 Å². The highest BCUT2D eigenvalue weighted by Gasteiger charge is 2.32. The summed E-state index contributed by atoms with van der Waals surface area (Å²) in [6.45, 7) is 3.51. The van der Waals surface area contributed by atoms with Gasteiger partial charge in [0.15, 0.2) is 0 Å². The van der Waals surface area contributed by atoms with Gasteiger partial charge in [-0.2, -0.15) is 8.42 Å². The van der Waals surface area contributed by atoms with E-state index in [1.165, 1.54) is 12.1 Å². The van der Waals surface area contributed by atoms with Crippen LogP contribution in [0.4, 0.5) is 0 Å². The molecule has 0 amide bonds. The molecular weight excluding hydrogens is 584 g/mol. The van der Waals surface area contributed by atoms with E-state index in [0.717, 1.165) is 12.1 Å². The van der Waals surface area contributed by atoms with Crippen molar-refractivity contribution in [2.75, 3.05) is 0 Å². The molecule has 0 saturated heterocycles. The minimum atomic E-state index is -4.67. The highest BCUT2D eigenvalue weighted by Crippen LogP contribution is 2.56. The van der Waals surface area contributed by atoms with E-state index in [1.54, 1.807) is 13.8 Å². The Kier molecular flexibility index (Phi) is 4.88. The normalized spacial score (nSPS) is 12.7. The molecule has 0 fully saturated rings. The van der Waals surface area contributed by atoms with Crippen LogP contribution in [0.2, 0.25) is 0 Å². The van der Waals surface area contributed by atoms with E-state index in [4.69, 9.17) is 17.5 Å². The third-order valence-electron chi connectivity index (χ3n) is 8.24. The molecule has 0 atom stereocenters. The topological polar surface area (TPSA) is 230 Å². The zero-order valence-corrected chi connectivity index (χ0v) is 22.7. The van der Waals surface area contributed by atoms with E-state index >= 15 is 0 Å².